The van der Waals surface area contributed by atoms with E-state index in [1.165, 1.54) is 11.1 Å². The molecule has 16 heavy (non-hydrogen) atoms. The van der Waals surface area contributed by atoms with Crippen LogP contribution in [0.1, 0.15) is 20.6 Å². The molecule has 1 nitrogen and oxygen atoms in total. The third-order valence-electron chi connectivity index (χ3n) is 2.52. The minimum absolute atomic E-state index is 0.103. The Labute approximate surface area is 109 Å². The predicted octanol–water partition coefficient (Wildman–Crippen LogP) is 3.70. The van der Waals surface area contributed by atoms with Crippen molar-refractivity contribution in [2.75, 3.05) is 0 Å². The zero-order valence-corrected chi connectivity index (χ0v) is 11.0. The van der Waals surface area contributed by atoms with Gasteiger partial charge < -0.3 is 5.11 Å². The van der Waals surface area contributed by atoms with Crippen LogP contribution >= 0.6 is 22.6 Å². The predicted molar refractivity (Wildman–Crippen MR) is 74.7 cm³/mol. The van der Waals surface area contributed by atoms with E-state index in [0.717, 1.165) is 5.56 Å². The molecule has 2 aromatic carbocycles. The molecule has 0 radical (unpaired) electrons. The highest BCUT2D eigenvalue weighted by molar-refractivity contribution is 14.1. The molecule has 0 saturated heterocycles. The summed E-state index contributed by atoms with van der Waals surface area (Å²) in [4.78, 5) is 0. The van der Waals surface area contributed by atoms with Gasteiger partial charge in [-0.05, 0) is 16.7 Å². The van der Waals surface area contributed by atoms with E-state index < -0.39 is 0 Å². The molecule has 0 heterocycles. The number of hydrogen-bond donors (Lipinski definition) is 1. The van der Waals surface area contributed by atoms with Crippen LogP contribution in [0.4, 0.5) is 0 Å². The summed E-state index contributed by atoms with van der Waals surface area (Å²) in [5.74, 6) is 0. The quantitative estimate of drug-likeness (QED) is 0.674. The number of halogens is 1. The van der Waals surface area contributed by atoms with E-state index in [1.54, 1.807) is 0 Å². The molecule has 0 amide bonds. The van der Waals surface area contributed by atoms with Crippen LogP contribution in [0.2, 0.25) is 0 Å². The second kappa shape index (κ2) is 5.46. The van der Waals surface area contributed by atoms with Crippen LogP contribution in [0.15, 0.2) is 54.6 Å². The molecule has 1 atom stereocenters. The molecule has 2 aromatic rings. The first-order chi connectivity index (χ1) is 7.81. The number of rotatable bonds is 3. The van der Waals surface area contributed by atoms with Gasteiger partial charge in [-0.15, -0.1) is 0 Å². The average molecular weight is 324 g/mol. The van der Waals surface area contributed by atoms with Crippen LogP contribution in [0, 0.1) is 0 Å². The molecule has 2 heteroatoms. The van der Waals surface area contributed by atoms with Crippen LogP contribution in [0.25, 0.3) is 0 Å². The summed E-state index contributed by atoms with van der Waals surface area (Å²) < 4.78 is 0.338. The minimum atomic E-state index is 0.103. The summed E-state index contributed by atoms with van der Waals surface area (Å²) in [5, 5.41) is 9.11. The maximum Gasteiger partial charge on any atom is 0.0681 e. The van der Waals surface area contributed by atoms with Gasteiger partial charge in [-0.25, -0.2) is 0 Å². The second-order valence-corrected chi connectivity index (χ2v) is 4.92. The molecule has 0 bridgehead atoms. The molecule has 0 aliphatic heterocycles. The largest absolute Gasteiger partial charge is 0.392 e. The summed E-state index contributed by atoms with van der Waals surface area (Å²) >= 11 is 2.42. The van der Waals surface area contributed by atoms with Crippen LogP contribution in [-0.2, 0) is 6.61 Å². The van der Waals surface area contributed by atoms with Crippen molar-refractivity contribution in [1.29, 1.82) is 0 Å². The highest BCUT2D eigenvalue weighted by atomic mass is 127. The first-order valence-corrected chi connectivity index (χ1v) is 6.44. The number of aliphatic hydroxyl groups is 1. The maximum absolute atomic E-state index is 9.11. The molecular formula is C14H13IO. The normalized spacial score (nSPS) is 12.4. The number of aliphatic hydroxyl groups excluding tert-OH is 1. The van der Waals surface area contributed by atoms with Crippen molar-refractivity contribution in [1.82, 2.24) is 0 Å². The van der Waals surface area contributed by atoms with E-state index in [0.29, 0.717) is 3.92 Å². The van der Waals surface area contributed by atoms with Crippen LogP contribution < -0.4 is 0 Å². The van der Waals surface area contributed by atoms with Gasteiger partial charge in [0, 0.05) is 0 Å². The van der Waals surface area contributed by atoms with Gasteiger partial charge in [-0.1, -0.05) is 77.2 Å². The standard InChI is InChI=1S/C14H13IO/c15-14(12-6-2-1-3-7-12)13-8-4-5-11(9-13)10-16/h1-9,14,16H,10H2. The Morgan fingerprint density at radius 2 is 1.62 bits per heavy atom. The first kappa shape index (κ1) is 11.6. The van der Waals surface area contributed by atoms with Crippen molar-refractivity contribution < 1.29 is 5.11 Å². The maximum atomic E-state index is 9.11. The smallest absolute Gasteiger partial charge is 0.0681 e. The lowest BCUT2D eigenvalue weighted by Gasteiger charge is -2.11. The third-order valence-corrected chi connectivity index (χ3v) is 3.96. The van der Waals surface area contributed by atoms with Crippen molar-refractivity contribution >= 4 is 22.6 Å². The number of alkyl halides is 1. The zero-order valence-electron chi connectivity index (χ0n) is 8.81. The van der Waals surface area contributed by atoms with E-state index in [9.17, 15) is 0 Å². The average Bonchev–Trinajstić information content (AvgIpc) is 2.39. The summed E-state index contributed by atoms with van der Waals surface area (Å²) in [5.41, 5.74) is 3.49. The van der Waals surface area contributed by atoms with Gasteiger partial charge in [0.25, 0.3) is 0 Å². The molecule has 0 spiro atoms. The van der Waals surface area contributed by atoms with Gasteiger partial charge in [0.2, 0.25) is 0 Å². The molecule has 0 saturated carbocycles. The summed E-state index contributed by atoms with van der Waals surface area (Å²) in [7, 11) is 0. The van der Waals surface area contributed by atoms with E-state index >= 15 is 0 Å². The third kappa shape index (κ3) is 2.62. The Bertz CT molecular complexity index is 453. The molecule has 2 rings (SSSR count). The molecule has 0 aliphatic rings. The Morgan fingerprint density at radius 3 is 2.31 bits per heavy atom. The van der Waals surface area contributed by atoms with Crippen LogP contribution in [0.5, 0.6) is 0 Å². The SMILES string of the molecule is OCc1cccc(C(I)c2ccccc2)c1. The Balaban J connectivity index is 2.30. The van der Waals surface area contributed by atoms with Crippen LogP contribution in [0.3, 0.4) is 0 Å². The van der Waals surface area contributed by atoms with Crippen molar-refractivity contribution in [2.24, 2.45) is 0 Å². The van der Waals surface area contributed by atoms with Crippen molar-refractivity contribution in [3.05, 3.63) is 71.3 Å². The minimum Gasteiger partial charge on any atom is -0.392 e. The lowest BCUT2D eigenvalue weighted by molar-refractivity contribution is 0.282. The lowest BCUT2D eigenvalue weighted by atomic mass is 10.0. The fourth-order valence-electron chi connectivity index (χ4n) is 1.66. The van der Waals surface area contributed by atoms with E-state index in [2.05, 4.69) is 59.0 Å². The lowest BCUT2D eigenvalue weighted by Crippen LogP contribution is -1.93. The number of benzene rings is 2. The topological polar surface area (TPSA) is 20.2 Å². The van der Waals surface area contributed by atoms with Gasteiger partial charge in [0.15, 0.2) is 0 Å². The van der Waals surface area contributed by atoms with Crippen LogP contribution in [-0.4, -0.2) is 5.11 Å². The second-order valence-electron chi connectivity index (χ2n) is 3.68. The Kier molecular flexibility index (Phi) is 3.96. The van der Waals surface area contributed by atoms with E-state index in [4.69, 9.17) is 5.11 Å². The molecule has 0 aromatic heterocycles. The Hall–Kier alpha value is -0.870. The van der Waals surface area contributed by atoms with Crippen molar-refractivity contribution in [3.8, 4) is 0 Å². The summed E-state index contributed by atoms with van der Waals surface area (Å²) in [6.45, 7) is 0.103. The van der Waals surface area contributed by atoms with Crippen molar-refractivity contribution in [3.63, 3.8) is 0 Å². The highest BCUT2D eigenvalue weighted by Gasteiger charge is 2.09. The Morgan fingerprint density at radius 1 is 0.938 bits per heavy atom. The molecular weight excluding hydrogens is 311 g/mol. The van der Waals surface area contributed by atoms with Gasteiger partial charge in [-0.3, -0.25) is 0 Å². The molecule has 0 aliphatic carbocycles. The number of hydrogen-bond acceptors (Lipinski definition) is 1. The van der Waals surface area contributed by atoms with Crippen molar-refractivity contribution in [2.45, 2.75) is 10.5 Å². The fourth-order valence-corrected chi connectivity index (χ4v) is 2.47. The summed E-state index contributed by atoms with van der Waals surface area (Å²) in [6.07, 6.45) is 0. The molecule has 1 N–H and O–H groups in total. The monoisotopic (exact) mass is 324 g/mol. The van der Waals surface area contributed by atoms with Gasteiger partial charge >= 0.3 is 0 Å². The first-order valence-electron chi connectivity index (χ1n) is 5.20. The fraction of sp³-hybridized carbons (Fsp3) is 0.143. The zero-order chi connectivity index (χ0) is 11.4. The van der Waals surface area contributed by atoms with Gasteiger partial charge in [0.05, 0.1) is 10.5 Å². The van der Waals surface area contributed by atoms with Gasteiger partial charge in [-0.2, -0.15) is 0 Å². The molecule has 82 valence electrons. The van der Waals surface area contributed by atoms with E-state index in [-0.39, 0.29) is 6.61 Å². The molecule has 0 fully saturated rings. The molecule has 1 unspecified atom stereocenters. The summed E-state index contributed by atoms with van der Waals surface area (Å²) in [6, 6.07) is 18.5. The van der Waals surface area contributed by atoms with Gasteiger partial charge in [0.1, 0.15) is 0 Å². The van der Waals surface area contributed by atoms with E-state index in [1.807, 2.05) is 18.2 Å². The highest BCUT2D eigenvalue weighted by Crippen LogP contribution is 2.31.